The molecule has 0 radical (unpaired) electrons. The number of hydrogen-bond acceptors (Lipinski definition) is 4. The lowest BCUT2D eigenvalue weighted by Gasteiger charge is -1.77. The molecule has 4 heteroatoms. The van der Waals surface area contributed by atoms with E-state index in [2.05, 4.69) is 14.4 Å². The van der Waals surface area contributed by atoms with Crippen LogP contribution >= 0.6 is 0 Å². The second kappa shape index (κ2) is 2.62. The number of rotatable bonds is 0. The van der Waals surface area contributed by atoms with Crippen LogP contribution in [0.2, 0.25) is 0 Å². The number of nitriles is 1. The third-order valence-electron chi connectivity index (χ3n) is 0.698. The molecule has 1 aromatic heterocycles. The van der Waals surface area contributed by atoms with Crippen molar-refractivity contribution >= 4 is 0 Å². The van der Waals surface area contributed by atoms with Crippen LogP contribution in [0.4, 0.5) is 0 Å². The van der Waals surface area contributed by atoms with Gasteiger partial charge in [-0.15, -0.1) is 4.99 Å². The molecule has 4 nitrogen and oxygen atoms in total. The van der Waals surface area contributed by atoms with Crippen molar-refractivity contribution < 1.29 is 4.42 Å². The molecule has 0 spiro atoms. The van der Waals surface area contributed by atoms with Gasteiger partial charge in [0, 0.05) is 12.3 Å². The van der Waals surface area contributed by atoms with E-state index in [1.165, 1.54) is 18.7 Å². The summed E-state index contributed by atoms with van der Waals surface area (Å²) in [6, 6.07) is 1.50. The summed E-state index contributed by atoms with van der Waals surface area (Å²) in [6.45, 7) is 0. The third-order valence-corrected chi connectivity index (χ3v) is 0.698. The molecular weight excluding hydrogens is 118 g/mol. The van der Waals surface area contributed by atoms with Crippen molar-refractivity contribution in [1.29, 1.82) is 5.26 Å². The molecule has 0 aliphatic heterocycles. The molecule has 1 rings (SSSR count). The molecule has 44 valence electrons. The van der Waals surface area contributed by atoms with Gasteiger partial charge in [0.1, 0.15) is 0 Å². The van der Waals surface area contributed by atoms with E-state index in [4.69, 9.17) is 5.26 Å². The zero-order chi connectivity index (χ0) is 6.53. The SMILES string of the molecule is N#CN=c1ccnco1. The monoisotopic (exact) mass is 121 g/mol. The van der Waals surface area contributed by atoms with E-state index >= 15 is 0 Å². The third kappa shape index (κ3) is 1.39. The van der Waals surface area contributed by atoms with Crippen LogP contribution in [-0.2, 0) is 0 Å². The van der Waals surface area contributed by atoms with Gasteiger partial charge >= 0.3 is 0 Å². The Bertz CT molecular complexity index is 265. The summed E-state index contributed by atoms with van der Waals surface area (Å²) in [5, 5.41) is 8.02. The van der Waals surface area contributed by atoms with Crippen molar-refractivity contribution in [3.63, 3.8) is 0 Å². The maximum Gasteiger partial charge on any atom is 0.232 e. The smallest absolute Gasteiger partial charge is 0.232 e. The average Bonchev–Trinajstić information content (AvgIpc) is 1.91. The normalized spacial score (nSPS) is 10.8. The summed E-state index contributed by atoms with van der Waals surface area (Å²) in [4.78, 5) is 6.90. The Labute approximate surface area is 51.1 Å². The van der Waals surface area contributed by atoms with Crippen molar-refractivity contribution in [2.45, 2.75) is 0 Å². The molecule has 1 heterocycles. The van der Waals surface area contributed by atoms with Crippen molar-refractivity contribution in [2.24, 2.45) is 4.99 Å². The van der Waals surface area contributed by atoms with Gasteiger partial charge in [-0.3, -0.25) is 0 Å². The van der Waals surface area contributed by atoms with E-state index in [-0.39, 0.29) is 5.55 Å². The van der Waals surface area contributed by atoms with E-state index < -0.39 is 0 Å². The number of aromatic nitrogens is 1. The minimum Gasteiger partial charge on any atom is -0.427 e. The highest BCUT2D eigenvalue weighted by Crippen LogP contribution is 1.67. The standard InChI is InChI=1S/C5H3N3O/c6-3-8-5-1-2-7-4-9-5/h1-2,4H. The van der Waals surface area contributed by atoms with Crippen molar-refractivity contribution in [3.05, 3.63) is 24.2 Å². The van der Waals surface area contributed by atoms with Crippen molar-refractivity contribution in [2.75, 3.05) is 0 Å². The lowest BCUT2D eigenvalue weighted by atomic mass is 10.7. The predicted octanol–water partition coefficient (Wildman–Crippen LogP) is 0.0564. The van der Waals surface area contributed by atoms with Gasteiger partial charge in [-0.25, -0.2) is 4.98 Å². The Balaban J connectivity index is 3.16. The molecule has 0 amide bonds. The molecule has 0 aliphatic rings. The van der Waals surface area contributed by atoms with Crippen LogP contribution in [0.5, 0.6) is 0 Å². The van der Waals surface area contributed by atoms with E-state index in [0.29, 0.717) is 0 Å². The van der Waals surface area contributed by atoms with Gasteiger partial charge < -0.3 is 4.42 Å². The molecule has 0 atom stereocenters. The highest BCUT2D eigenvalue weighted by atomic mass is 16.3. The van der Waals surface area contributed by atoms with Gasteiger partial charge in [-0.05, 0) is 0 Å². The van der Waals surface area contributed by atoms with E-state index in [1.807, 2.05) is 0 Å². The Kier molecular flexibility index (Phi) is 1.60. The van der Waals surface area contributed by atoms with Gasteiger partial charge in [0.2, 0.25) is 11.7 Å². The van der Waals surface area contributed by atoms with Crippen LogP contribution in [0, 0.1) is 11.5 Å². The topological polar surface area (TPSA) is 62.2 Å². The Morgan fingerprint density at radius 2 is 2.67 bits per heavy atom. The molecule has 0 saturated carbocycles. The van der Waals surface area contributed by atoms with Crippen molar-refractivity contribution in [3.8, 4) is 6.19 Å². The van der Waals surface area contributed by atoms with Crippen LogP contribution in [0.1, 0.15) is 0 Å². The van der Waals surface area contributed by atoms with Gasteiger partial charge in [-0.2, -0.15) is 5.26 Å². The quantitative estimate of drug-likeness (QED) is 0.456. The second-order valence-electron chi connectivity index (χ2n) is 1.24. The van der Waals surface area contributed by atoms with Gasteiger partial charge in [0.25, 0.3) is 0 Å². The predicted molar refractivity (Wildman–Crippen MR) is 27.7 cm³/mol. The fourth-order valence-corrected chi connectivity index (χ4v) is 0.379. The minimum atomic E-state index is 0.271. The van der Waals surface area contributed by atoms with Crippen molar-refractivity contribution in [1.82, 2.24) is 4.98 Å². The zero-order valence-corrected chi connectivity index (χ0v) is 4.48. The van der Waals surface area contributed by atoms with Gasteiger partial charge in [-0.1, -0.05) is 0 Å². The lowest BCUT2D eigenvalue weighted by Crippen LogP contribution is -1.96. The first-order valence-electron chi connectivity index (χ1n) is 2.25. The second-order valence-corrected chi connectivity index (χ2v) is 1.24. The molecule has 0 saturated heterocycles. The van der Waals surface area contributed by atoms with Crippen LogP contribution in [0.15, 0.2) is 28.1 Å². The molecule has 9 heavy (non-hydrogen) atoms. The summed E-state index contributed by atoms with van der Waals surface area (Å²) < 4.78 is 4.67. The minimum absolute atomic E-state index is 0.271. The number of nitrogens with zero attached hydrogens (tertiary/aromatic N) is 3. The maximum atomic E-state index is 8.02. The fraction of sp³-hybridized carbons (Fsp3) is 0. The van der Waals surface area contributed by atoms with Crippen LogP contribution < -0.4 is 5.55 Å². The molecule has 0 aromatic carbocycles. The molecule has 0 aliphatic carbocycles. The first-order chi connectivity index (χ1) is 4.43. The summed E-state index contributed by atoms with van der Waals surface area (Å²) >= 11 is 0. The van der Waals surface area contributed by atoms with Gasteiger partial charge in [0.05, 0.1) is 0 Å². The molecular formula is C5H3N3O. The zero-order valence-electron chi connectivity index (χ0n) is 4.48. The van der Waals surface area contributed by atoms with Crippen LogP contribution in [-0.4, -0.2) is 4.98 Å². The van der Waals surface area contributed by atoms with E-state index in [9.17, 15) is 0 Å². The highest BCUT2D eigenvalue weighted by Gasteiger charge is 1.75. The molecule has 0 N–H and O–H groups in total. The van der Waals surface area contributed by atoms with E-state index in [1.54, 1.807) is 6.19 Å². The summed E-state index contributed by atoms with van der Waals surface area (Å²) in [6.07, 6.45) is 4.31. The Morgan fingerprint density at radius 3 is 3.22 bits per heavy atom. The van der Waals surface area contributed by atoms with Gasteiger partial charge in [0.15, 0.2) is 6.39 Å². The first kappa shape index (κ1) is 5.51. The summed E-state index contributed by atoms with van der Waals surface area (Å²) in [5.74, 6) is 0. The Hall–Kier alpha value is -1.63. The first-order valence-corrected chi connectivity index (χ1v) is 2.25. The summed E-state index contributed by atoms with van der Waals surface area (Å²) in [5.41, 5.74) is 0.271. The van der Waals surface area contributed by atoms with Crippen LogP contribution in [0.25, 0.3) is 0 Å². The van der Waals surface area contributed by atoms with E-state index in [0.717, 1.165) is 0 Å². The lowest BCUT2D eigenvalue weighted by molar-refractivity contribution is 0.477. The largest absolute Gasteiger partial charge is 0.427 e. The molecule has 1 aromatic rings. The molecule has 0 fully saturated rings. The highest BCUT2D eigenvalue weighted by molar-refractivity contribution is 4.76. The maximum absolute atomic E-state index is 8.02. The molecule has 0 unspecified atom stereocenters. The summed E-state index contributed by atoms with van der Waals surface area (Å²) in [7, 11) is 0. The fourth-order valence-electron chi connectivity index (χ4n) is 0.379. The Morgan fingerprint density at radius 1 is 1.78 bits per heavy atom. The number of hydrogen-bond donors (Lipinski definition) is 0. The van der Waals surface area contributed by atoms with Crippen LogP contribution in [0.3, 0.4) is 0 Å². The molecule has 0 bridgehead atoms. The average molecular weight is 121 g/mol.